The fraction of sp³-hybridized carbons (Fsp3) is 0.500. The normalized spacial score (nSPS) is 12.2. The van der Waals surface area contributed by atoms with Crippen LogP contribution in [0.1, 0.15) is 49.9 Å². The van der Waals surface area contributed by atoms with Crippen molar-refractivity contribution in [1.29, 1.82) is 0 Å². The molecule has 0 aromatic heterocycles. The SMILES string of the molecule is CCCCCC(C)Nc1cc(C(N)=O)ccc1Cl. The summed E-state index contributed by atoms with van der Waals surface area (Å²) in [5.74, 6) is -0.437. The molecule has 18 heavy (non-hydrogen) atoms. The molecule has 1 rings (SSSR count). The standard InChI is InChI=1S/C14H21ClN2O/c1-3-4-5-6-10(2)17-13-9-11(14(16)18)7-8-12(13)15/h7-10,17H,3-6H2,1-2H3,(H2,16,18). The molecule has 4 heteroatoms. The van der Waals surface area contributed by atoms with E-state index in [0.29, 0.717) is 16.6 Å². The van der Waals surface area contributed by atoms with Crippen molar-refractivity contribution in [2.45, 2.75) is 45.6 Å². The van der Waals surface area contributed by atoms with Gasteiger partial charge in [0.05, 0.1) is 10.7 Å². The summed E-state index contributed by atoms with van der Waals surface area (Å²) >= 11 is 6.09. The summed E-state index contributed by atoms with van der Waals surface area (Å²) in [6, 6.07) is 5.37. The molecule has 100 valence electrons. The third-order valence-corrected chi connectivity index (χ3v) is 3.22. The zero-order valence-electron chi connectivity index (χ0n) is 11.0. The highest BCUT2D eigenvalue weighted by atomic mass is 35.5. The number of amides is 1. The van der Waals surface area contributed by atoms with E-state index in [0.717, 1.165) is 12.1 Å². The predicted molar refractivity (Wildman–Crippen MR) is 77.2 cm³/mol. The van der Waals surface area contributed by atoms with E-state index in [1.54, 1.807) is 18.2 Å². The number of hydrogen-bond acceptors (Lipinski definition) is 2. The Labute approximate surface area is 114 Å². The van der Waals surface area contributed by atoms with Gasteiger partial charge in [0.15, 0.2) is 0 Å². The molecule has 0 saturated heterocycles. The molecule has 1 aromatic carbocycles. The first-order valence-electron chi connectivity index (χ1n) is 6.40. The molecule has 1 atom stereocenters. The van der Waals surface area contributed by atoms with Crippen LogP contribution >= 0.6 is 11.6 Å². The van der Waals surface area contributed by atoms with Gasteiger partial charge in [-0.2, -0.15) is 0 Å². The number of benzene rings is 1. The van der Waals surface area contributed by atoms with Gasteiger partial charge < -0.3 is 11.1 Å². The second kappa shape index (κ2) is 7.27. The van der Waals surface area contributed by atoms with E-state index in [1.165, 1.54) is 19.3 Å². The third-order valence-electron chi connectivity index (χ3n) is 2.89. The van der Waals surface area contributed by atoms with Crippen LogP contribution in [0.2, 0.25) is 5.02 Å². The van der Waals surface area contributed by atoms with Crippen LogP contribution < -0.4 is 11.1 Å². The van der Waals surface area contributed by atoms with Gasteiger partial charge >= 0.3 is 0 Å². The summed E-state index contributed by atoms with van der Waals surface area (Å²) in [4.78, 5) is 11.1. The molecule has 0 radical (unpaired) electrons. The molecular weight excluding hydrogens is 248 g/mol. The van der Waals surface area contributed by atoms with Crippen molar-refractivity contribution < 1.29 is 4.79 Å². The highest BCUT2D eigenvalue weighted by molar-refractivity contribution is 6.33. The number of halogens is 1. The van der Waals surface area contributed by atoms with Crippen molar-refractivity contribution in [3.8, 4) is 0 Å². The summed E-state index contributed by atoms with van der Waals surface area (Å²) in [6.07, 6.45) is 4.73. The van der Waals surface area contributed by atoms with Gasteiger partial charge in [-0.05, 0) is 31.5 Å². The van der Waals surface area contributed by atoms with Gasteiger partial charge in [0.2, 0.25) is 5.91 Å². The number of anilines is 1. The maximum Gasteiger partial charge on any atom is 0.248 e. The van der Waals surface area contributed by atoms with Gasteiger partial charge in [0.1, 0.15) is 0 Å². The van der Waals surface area contributed by atoms with Gasteiger partial charge in [-0.3, -0.25) is 4.79 Å². The summed E-state index contributed by atoms with van der Waals surface area (Å²) < 4.78 is 0. The predicted octanol–water partition coefficient (Wildman–Crippen LogP) is 3.82. The fourth-order valence-electron chi connectivity index (χ4n) is 1.83. The van der Waals surface area contributed by atoms with Crippen LogP contribution in [0.25, 0.3) is 0 Å². The molecule has 0 aliphatic carbocycles. The largest absolute Gasteiger partial charge is 0.381 e. The number of unbranched alkanes of at least 4 members (excludes halogenated alkanes) is 2. The van der Waals surface area contributed by atoms with Gasteiger partial charge in [-0.1, -0.05) is 37.8 Å². The van der Waals surface area contributed by atoms with Crippen LogP contribution in [0.5, 0.6) is 0 Å². The van der Waals surface area contributed by atoms with E-state index in [4.69, 9.17) is 17.3 Å². The lowest BCUT2D eigenvalue weighted by atomic mass is 10.1. The molecule has 0 fully saturated rings. The minimum absolute atomic E-state index is 0.331. The summed E-state index contributed by atoms with van der Waals surface area (Å²) in [6.45, 7) is 4.30. The van der Waals surface area contributed by atoms with Gasteiger partial charge in [0.25, 0.3) is 0 Å². The topological polar surface area (TPSA) is 55.1 Å². The number of nitrogens with two attached hydrogens (primary N) is 1. The van der Waals surface area contributed by atoms with Crippen molar-refractivity contribution in [3.05, 3.63) is 28.8 Å². The van der Waals surface area contributed by atoms with E-state index in [-0.39, 0.29) is 0 Å². The molecule has 0 saturated carbocycles. The molecule has 1 unspecified atom stereocenters. The smallest absolute Gasteiger partial charge is 0.248 e. The average Bonchev–Trinajstić information content (AvgIpc) is 2.32. The molecule has 0 aliphatic heterocycles. The summed E-state index contributed by atoms with van der Waals surface area (Å²) in [7, 11) is 0. The number of rotatable bonds is 7. The second-order valence-electron chi connectivity index (χ2n) is 4.60. The van der Waals surface area contributed by atoms with Crippen LogP contribution in [-0.4, -0.2) is 11.9 Å². The minimum Gasteiger partial charge on any atom is -0.381 e. The lowest BCUT2D eigenvalue weighted by Crippen LogP contribution is -2.16. The van der Waals surface area contributed by atoms with Crippen molar-refractivity contribution in [3.63, 3.8) is 0 Å². The fourth-order valence-corrected chi connectivity index (χ4v) is 2.00. The van der Waals surface area contributed by atoms with Gasteiger partial charge in [-0.25, -0.2) is 0 Å². The average molecular weight is 269 g/mol. The minimum atomic E-state index is -0.437. The second-order valence-corrected chi connectivity index (χ2v) is 5.01. The maximum atomic E-state index is 11.1. The Kier molecular flexibility index (Phi) is 5.99. The quantitative estimate of drug-likeness (QED) is 0.739. The Bertz CT molecular complexity index is 407. The summed E-state index contributed by atoms with van der Waals surface area (Å²) in [5, 5.41) is 3.94. The Morgan fingerprint density at radius 1 is 1.44 bits per heavy atom. The van der Waals surface area contributed by atoms with E-state index in [9.17, 15) is 4.79 Å². The van der Waals surface area contributed by atoms with Crippen molar-refractivity contribution in [2.75, 3.05) is 5.32 Å². The number of hydrogen-bond donors (Lipinski definition) is 2. The Morgan fingerprint density at radius 2 is 2.17 bits per heavy atom. The van der Waals surface area contributed by atoms with Crippen LogP contribution in [-0.2, 0) is 0 Å². The highest BCUT2D eigenvalue weighted by Crippen LogP contribution is 2.24. The third kappa shape index (κ3) is 4.57. The van der Waals surface area contributed by atoms with Gasteiger partial charge in [-0.15, -0.1) is 0 Å². The molecule has 1 amide bonds. The highest BCUT2D eigenvalue weighted by Gasteiger charge is 2.08. The number of carbonyl (C=O) groups excluding carboxylic acids is 1. The van der Waals surface area contributed by atoms with Crippen LogP contribution in [0, 0.1) is 0 Å². The molecule has 0 spiro atoms. The van der Waals surface area contributed by atoms with Crippen LogP contribution in [0.4, 0.5) is 5.69 Å². The number of nitrogens with one attached hydrogen (secondary N) is 1. The van der Waals surface area contributed by atoms with E-state index in [2.05, 4.69) is 19.2 Å². The Hall–Kier alpha value is -1.22. The molecule has 3 nitrogen and oxygen atoms in total. The zero-order chi connectivity index (χ0) is 13.5. The molecule has 0 heterocycles. The van der Waals surface area contributed by atoms with Crippen molar-refractivity contribution in [1.82, 2.24) is 0 Å². The summed E-state index contributed by atoms with van der Waals surface area (Å²) in [5.41, 5.74) is 6.50. The van der Waals surface area contributed by atoms with E-state index >= 15 is 0 Å². The zero-order valence-corrected chi connectivity index (χ0v) is 11.8. The van der Waals surface area contributed by atoms with Crippen LogP contribution in [0.15, 0.2) is 18.2 Å². The molecule has 1 aromatic rings. The first kappa shape index (κ1) is 14.8. The number of primary amides is 1. The van der Waals surface area contributed by atoms with E-state index < -0.39 is 5.91 Å². The molecule has 0 aliphatic rings. The molecule has 0 bridgehead atoms. The maximum absolute atomic E-state index is 11.1. The lowest BCUT2D eigenvalue weighted by molar-refractivity contribution is 0.100. The van der Waals surface area contributed by atoms with E-state index in [1.807, 2.05) is 0 Å². The molecular formula is C14H21ClN2O. The van der Waals surface area contributed by atoms with Crippen LogP contribution in [0.3, 0.4) is 0 Å². The van der Waals surface area contributed by atoms with Crippen molar-refractivity contribution >= 4 is 23.2 Å². The first-order valence-corrected chi connectivity index (χ1v) is 6.78. The first-order chi connectivity index (χ1) is 8.54. The lowest BCUT2D eigenvalue weighted by Gasteiger charge is -2.16. The number of carbonyl (C=O) groups is 1. The monoisotopic (exact) mass is 268 g/mol. The Balaban J connectivity index is 2.65. The van der Waals surface area contributed by atoms with Gasteiger partial charge in [0, 0.05) is 11.6 Å². The Morgan fingerprint density at radius 3 is 2.78 bits per heavy atom. The van der Waals surface area contributed by atoms with Crippen molar-refractivity contribution in [2.24, 2.45) is 5.73 Å². The molecule has 3 N–H and O–H groups in total.